The van der Waals surface area contributed by atoms with Crippen molar-refractivity contribution in [3.63, 3.8) is 0 Å². The van der Waals surface area contributed by atoms with E-state index in [1.807, 2.05) is 53.4 Å². The Hall–Kier alpha value is -2.37. The van der Waals surface area contributed by atoms with E-state index in [4.69, 9.17) is 4.74 Å². The summed E-state index contributed by atoms with van der Waals surface area (Å²) in [6.07, 6.45) is -0.904. The van der Waals surface area contributed by atoms with Gasteiger partial charge in [-0.3, -0.25) is 9.69 Å². The Labute approximate surface area is 154 Å². The molecular formula is C21H26N2O3. The Morgan fingerprint density at radius 3 is 2.15 bits per heavy atom. The van der Waals surface area contributed by atoms with Crippen molar-refractivity contribution in [2.24, 2.45) is 0 Å². The quantitative estimate of drug-likeness (QED) is 0.808. The number of aliphatic hydroxyl groups is 1. The number of ether oxygens (including phenoxy) is 1. The second-order valence-electron chi connectivity index (χ2n) is 6.41. The van der Waals surface area contributed by atoms with Gasteiger partial charge in [0.25, 0.3) is 0 Å². The summed E-state index contributed by atoms with van der Waals surface area (Å²) >= 11 is 0. The van der Waals surface area contributed by atoms with E-state index in [1.165, 1.54) is 5.69 Å². The highest BCUT2D eigenvalue weighted by molar-refractivity contribution is 5.77. The molecule has 0 amide bonds. The molecular weight excluding hydrogens is 328 g/mol. The van der Waals surface area contributed by atoms with Crippen LogP contribution < -0.4 is 4.90 Å². The first-order valence-corrected chi connectivity index (χ1v) is 9.14. The number of rotatable bonds is 6. The zero-order chi connectivity index (χ0) is 18.4. The maximum Gasteiger partial charge on any atom is 0.326 e. The molecule has 5 nitrogen and oxygen atoms in total. The molecule has 26 heavy (non-hydrogen) atoms. The molecule has 1 saturated heterocycles. The van der Waals surface area contributed by atoms with Gasteiger partial charge in [0.05, 0.1) is 6.61 Å². The van der Waals surface area contributed by atoms with Crippen molar-refractivity contribution in [2.45, 2.75) is 19.1 Å². The number of piperazine rings is 1. The molecule has 0 unspecified atom stereocenters. The van der Waals surface area contributed by atoms with E-state index in [2.05, 4.69) is 17.0 Å². The zero-order valence-corrected chi connectivity index (χ0v) is 15.1. The third kappa shape index (κ3) is 4.23. The molecule has 0 aromatic heterocycles. The van der Waals surface area contributed by atoms with Crippen LogP contribution in [0.25, 0.3) is 0 Å². The Morgan fingerprint density at radius 2 is 1.58 bits per heavy atom. The van der Waals surface area contributed by atoms with Gasteiger partial charge in [0.1, 0.15) is 12.1 Å². The van der Waals surface area contributed by atoms with Crippen LogP contribution in [0, 0.1) is 0 Å². The molecule has 1 N–H and O–H groups in total. The highest BCUT2D eigenvalue weighted by atomic mass is 16.5. The van der Waals surface area contributed by atoms with Crippen molar-refractivity contribution in [3.05, 3.63) is 66.2 Å². The van der Waals surface area contributed by atoms with Gasteiger partial charge in [-0.05, 0) is 24.6 Å². The van der Waals surface area contributed by atoms with Crippen LogP contribution in [-0.2, 0) is 9.53 Å². The third-order valence-corrected chi connectivity index (χ3v) is 4.80. The van der Waals surface area contributed by atoms with E-state index in [1.54, 1.807) is 6.92 Å². The van der Waals surface area contributed by atoms with Gasteiger partial charge in [0.15, 0.2) is 0 Å². The molecule has 2 aromatic rings. The Bertz CT molecular complexity index is 685. The van der Waals surface area contributed by atoms with E-state index in [0.29, 0.717) is 19.7 Å². The van der Waals surface area contributed by atoms with Gasteiger partial charge in [-0.25, -0.2) is 0 Å². The lowest BCUT2D eigenvalue weighted by atomic mass is 10.00. The van der Waals surface area contributed by atoms with Gasteiger partial charge < -0.3 is 14.7 Å². The van der Waals surface area contributed by atoms with Gasteiger partial charge in [-0.15, -0.1) is 0 Å². The van der Waals surface area contributed by atoms with Crippen LogP contribution >= 0.6 is 0 Å². The molecule has 1 aliphatic rings. The maximum absolute atomic E-state index is 12.6. The first-order chi connectivity index (χ1) is 12.7. The average Bonchev–Trinajstić information content (AvgIpc) is 2.70. The van der Waals surface area contributed by atoms with Crippen LogP contribution in [0.5, 0.6) is 0 Å². The van der Waals surface area contributed by atoms with Crippen molar-refractivity contribution in [2.75, 3.05) is 37.7 Å². The second kappa shape index (κ2) is 8.83. The highest BCUT2D eigenvalue weighted by Gasteiger charge is 2.36. The number of carbonyl (C=O) groups excluding carboxylic acids is 1. The van der Waals surface area contributed by atoms with Crippen molar-refractivity contribution in [3.8, 4) is 0 Å². The zero-order valence-electron chi connectivity index (χ0n) is 15.1. The molecule has 1 aliphatic heterocycles. The second-order valence-corrected chi connectivity index (χ2v) is 6.41. The SMILES string of the molecule is CCOC(=O)[C@H]([C@@H](O)c1ccccc1)N1CCN(c2ccccc2)CC1. The van der Waals surface area contributed by atoms with E-state index >= 15 is 0 Å². The van der Waals surface area contributed by atoms with Crippen molar-refractivity contribution < 1.29 is 14.6 Å². The number of anilines is 1. The minimum absolute atomic E-state index is 0.306. The monoisotopic (exact) mass is 354 g/mol. The fourth-order valence-electron chi connectivity index (χ4n) is 3.43. The third-order valence-electron chi connectivity index (χ3n) is 4.80. The van der Waals surface area contributed by atoms with Gasteiger partial charge in [-0.1, -0.05) is 48.5 Å². The van der Waals surface area contributed by atoms with Crippen LogP contribution in [0.3, 0.4) is 0 Å². The number of nitrogens with zero attached hydrogens (tertiary/aromatic N) is 2. The minimum atomic E-state index is -0.904. The number of benzene rings is 2. The fraction of sp³-hybridized carbons (Fsp3) is 0.381. The van der Waals surface area contributed by atoms with Crippen molar-refractivity contribution in [1.29, 1.82) is 0 Å². The minimum Gasteiger partial charge on any atom is -0.465 e. The van der Waals surface area contributed by atoms with Crippen LogP contribution in [0.15, 0.2) is 60.7 Å². The number of hydrogen-bond acceptors (Lipinski definition) is 5. The Kier molecular flexibility index (Phi) is 6.26. The summed E-state index contributed by atoms with van der Waals surface area (Å²) in [7, 11) is 0. The topological polar surface area (TPSA) is 53.0 Å². The summed E-state index contributed by atoms with van der Waals surface area (Å²) in [6.45, 7) is 5.10. The number of aliphatic hydroxyl groups excluding tert-OH is 1. The van der Waals surface area contributed by atoms with Crippen LogP contribution in [0.1, 0.15) is 18.6 Å². The number of hydrogen-bond donors (Lipinski definition) is 1. The van der Waals surface area contributed by atoms with Gasteiger partial charge in [0, 0.05) is 31.9 Å². The molecule has 5 heteroatoms. The van der Waals surface area contributed by atoms with Gasteiger partial charge >= 0.3 is 5.97 Å². The maximum atomic E-state index is 12.6. The summed E-state index contributed by atoms with van der Waals surface area (Å²) in [4.78, 5) is 16.9. The predicted molar refractivity (Wildman–Crippen MR) is 102 cm³/mol. The molecule has 0 bridgehead atoms. The van der Waals surface area contributed by atoms with Gasteiger partial charge in [-0.2, -0.15) is 0 Å². The molecule has 0 spiro atoms. The lowest BCUT2D eigenvalue weighted by molar-refractivity contribution is -0.154. The van der Waals surface area contributed by atoms with Crippen molar-refractivity contribution in [1.82, 2.24) is 4.90 Å². The lowest BCUT2D eigenvalue weighted by Gasteiger charge is -2.40. The summed E-state index contributed by atoms with van der Waals surface area (Å²) in [5.74, 6) is -0.364. The predicted octanol–water partition coefficient (Wildman–Crippen LogP) is 2.47. The molecule has 3 rings (SSSR count). The van der Waals surface area contributed by atoms with E-state index in [9.17, 15) is 9.90 Å². The van der Waals surface area contributed by atoms with Gasteiger partial charge in [0.2, 0.25) is 0 Å². The molecule has 2 aromatic carbocycles. The standard InChI is InChI=1S/C21H26N2O3/c1-2-26-21(25)19(20(24)17-9-5-3-6-10-17)23-15-13-22(14-16-23)18-11-7-4-8-12-18/h3-12,19-20,24H,2,13-16H2,1H3/t19-,20-/m0/s1. The molecule has 138 valence electrons. The molecule has 2 atom stereocenters. The molecule has 0 aliphatic carbocycles. The van der Waals surface area contributed by atoms with Crippen molar-refractivity contribution >= 4 is 11.7 Å². The average molecular weight is 354 g/mol. The Morgan fingerprint density at radius 1 is 1.00 bits per heavy atom. The number of para-hydroxylation sites is 1. The number of esters is 1. The Balaban J connectivity index is 1.73. The normalized spacial score (nSPS) is 17.5. The summed E-state index contributed by atoms with van der Waals surface area (Å²) in [6, 6.07) is 18.9. The smallest absolute Gasteiger partial charge is 0.326 e. The largest absolute Gasteiger partial charge is 0.465 e. The van der Waals surface area contributed by atoms with E-state index in [0.717, 1.165) is 18.7 Å². The van der Waals surface area contributed by atoms with Crippen LogP contribution in [0.2, 0.25) is 0 Å². The summed E-state index contributed by atoms with van der Waals surface area (Å²) in [5.41, 5.74) is 1.92. The van der Waals surface area contributed by atoms with Crippen LogP contribution in [0.4, 0.5) is 5.69 Å². The molecule has 1 fully saturated rings. The first-order valence-electron chi connectivity index (χ1n) is 9.14. The number of carbonyl (C=O) groups is 1. The lowest BCUT2D eigenvalue weighted by Crippen LogP contribution is -2.55. The molecule has 0 radical (unpaired) electrons. The summed E-state index contributed by atoms with van der Waals surface area (Å²) < 4.78 is 5.26. The highest BCUT2D eigenvalue weighted by Crippen LogP contribution is 2.25. The molecule has 0 saturated carbocycles. The summed E-state index contributed by atoms with van der Waals surface area (Å²) in [5, 5.41) is 10.9. The fourth-order valence-corrected chi connectivity index (χ4v) is 3.43. The first kappa shape index (κ1) is 18.4. The molecule has 1 heterocycles. The van der Waals surface area contributed by atoms with E-state index in [-0.39, 0.29) is 5.97 Å². The van der Waals surface area contributed by atoms with E-state index < -0.39 is 12.1 Å². The van der Waals surface area contributed by atoms with Crippen LogP contribution in [-0.4, -0.2) is 54.8 Å².